The molecule has 0 spiro atoms. The molecule has 0 aliphatic heterocycles. The second-order valence-corrected chi connectivity index (χ2v) is 10.3. The van der Waals surface area contributed by atoms with Gasteiger partial charge in [0, 0.05) is 24.4 Å². The molecule has 0 saturated carbocycles. The SMILES string of the molecule is CCOP(C)(=O)c1ccc(C(NC(=O)c2cnc(-c3ccccn3)nc2O)c2ccccc2)cc1. The second-order valence-electron chi connectivity index (χ2n) is 7.82. The van der Waals surface area contributed by atoms with E-state index < -0.39 is 25.2 Å². The molecule has 0 aliphatic carbocycles. The number of hydrogen-bond donors (Lipinski definition) is 2. The monoisotopic (exact) mass is 488 g/mol. The molecule has 2 aromatic carbocycles. The van der Waals surface area contributed by atoms with Crippen molar-refractivity contribution in [2.75, 3.05) is 13.3 Å². The van der Waals surface area contributed by atoms with Gasteiger partial charge < -0.3 is 14.9 Å². The Bertz CT molecular complexity index is 1350. The zero-order valence-electron chi connectivity index (χ0n) is 19.3. The normalized spacial score (nSPS) is 13.5. The van der Waals surface area contributed by atoms with E-state index in [4.69, 9.17) is 4.52 Å². The molecule has 2 heterocycles. The fourth-order valence-electron chi connectivity index (χ4n) is 3.62. The first-order valence-corrected chi connectivity index (χ1v) is 13.1. The first-order valence-electron chi connectivity index (χ1n) is 11.0. The van der Waals surface area contributed by atoms with E-state index in [0.717, 1.165) is 11.1 Å². The van der Waals surface area contributed by atoms with Crippen LogP contribution in [0.2, 0.25) is 0 Å². The van der Waals surface area contributed by atoms with E-state index in [1.54, 1.807) is 50.1 Å². The van der Waals surface area contributed by atoms with Gasteiger partial charge in [-0.1, -0.05) is 48.5 Å². The van der Waals surface area contributed by atoms with Crippen LogP contribution in [0, 0.1) is 0 Å². The second kappa shape index (κ2) is 10.6. The summed E-state index contributed by atoms with van der Waals surface area (Å²) in [5, 5.41) is 14.0. The third kappa shape index (κ3) is 5.62. The lowest BCUT2D eigenvalue weighted by Gasteiger charge is -2.21. The van der Waals surface area contributed by atoms with Crippen molar-refractivity contribution >= 4 is 18.6 Å². The van der Waals surface area contributed by atoms with Gasteiger partial charge in [-0.3, -0.25) is 14.3 Å². The maximum atomic E-state index is 13.2. The summed E-state index contributed by atoms with van der Waals surface area (Å²) in [6.45, 7) is 3.73. The van der Waals surface area contributed by atoms with Gasteiger partial charge in [-0.05, 0) is 42.3 Å². The third-order valence-corrected chi connectivity index (χ3v) is 7.37. The highest BCUT2D eigenvalue weighted by molar-refractivity contribution is 7.66. The minimum atomic E-state index is -2.92. The lowest BCUT2D eigenvalue weighted by Crippen LogP contribution is -2.30. The van der Waals surface area contributed by atoms with Crippen LogP contribution in [0.4, 0.5) is 0 Å². The van der Waals surface area contributed by atoms with Gasteiger partial charge in [-0.2, -0.15) is 4.98 Å². The largest absolute Gasteiger partial charge is 0.493 e. The zero-order chi connectivity index (χ0) is 24.8. The quantitative estimate of drug-likeness (QED) is 0.355. The fourth-order valence-corrected chi connectivity index (χ4v) is 4.96. The van der Waals surface area contributed by atoms with Crippen molar-refractivity contribution in [3.05, 3.63) is 102 Å². The lowest BCUT2D eigenvalue weighted by atomic mass is 9.98. The van der Waals surface area contributed by atoms with Gasteiger partial charge >= 0.3 is 0 Å². The molecule has 9 heteroatoms. The highest BCUT2D eigenvalue weighted by Gasteiger charge is 2.23. The summed E-state index contributed by atoms with van der Waals surface area (Å²) >= 11 is 0. The number of pyridine rings is 1. The van der Waals surface area contributed by atoms with E-state index in [0.29, 0.717) is 17.6 Å². The molecule has 0 aliphatic rings. The number of carbonyl (C=O) groups excluding carboxylic acids is 1. The predicted octanol–water partition coefficient (Wildman–Crippen LogP) is 4.33. The number of rotatable bonds is 8. The maximum absolute atomic E-state index is 13.2. The Kier molecular flexibility index (Phi) is 7.34. The Hall–Kier alpha value is -3.87. The molecule has 4 rings (SSSR count). The van der Waals surface area contributed by atoms with Gasteiger partial charge in [-0.25, -0.2) is 4.98 Å². The first kappa shape index (κ1) is 24.3. The van der Waals surface area contributed by atoms with Gasteiger partial charge in [0.1, 0.15) is 11.3 Å². The van der Waals surface area contributed by atoms with Gasteiger partial charge in [0.25, 0.3) is 5.91 Å². The third-order valence-electron chi connectivity index (χ3n) is 5.39. The molecular weight excluding hydrogens is 463 g/mol. The summed E-state index contributed by atoms with van der Waals surface area (Å²) in [6, 6.07) is 21.3. The highest BCUT2D eigenvalue weighted by Crippen LogP contribution is 2.41. The number of aromatic nitrogens is 3. The Balaban J connectivity index is 1.63. The summed E-state index contributed by atoms with van der Waals surface area (Å²) in [7, 11) is -2.92. The fraction of sp³-hybridized carbons (Fsp3) is 0.154. The van der Waals surface area contributed by atoms with Crippen LogP contribution in [0.25, 0.3) is 11.5 Å². The Morgan fingerprint density at radius 3 is 2.31 bits per heavy atom. The van der Waals surface area contributed by atoms with Crippen LogP contribution in [0.15, 0.2) is 85.2 Å². The number of aromatic hydroxyl groups is 1. The van der Waals surface area contributed by atoms with Crippen molar-refractivity contribution in [3.63, 3.8) is 0 Å². The minimum absolute atomic E-state index is 0.0587. The van der Waals surface area contributed by atoms with E-state index in [1.807, 2.05) is 42.5 Å². The number of carbonyl (C=O) groups is 1. The summed E-state index contributed by atoms with van der Waals surface area (Å²) in [6.07, 6.45) is 2.88. The molecule has 4 aromatic rings. The van der Waals surface area contributed by atoms with Gasteiger partial charge in [-0.15, -0.1) is 0 Å². The molecule has 0 fully saturated rings. The van der Waals surface area contributed by atoms with Crippen LogP contribution in [-0.2, 0) is 9.09 Å². The van der Waals surface area contributed by atoms with E-state index in [9.17, 15) is 14.5 Å². The maximum Gasteiger partial charge on any atom is 0.259 e. The number of amides is 1. The Morgan fingerprint density at radius 1 is 1.00 bits per heavy atom. The average molecular weight is 488 g/mol. The van der Waals surface area contributed by atoms with Crippen molar-refractivity contribution < 1.29 is 19.0 Å². The minimum Gasteiger partial charge on any atom is -0.493 e. The predicted molar refractivity (Wildman–Crippen MR) is 134 cm³/mol. The van der Waals surface area contributed by atoms with Gasteiger partial charge in [0.2, 0.25) is 13.2 Å². The number of nitrogens with zero attached hydrogens (tertiary/aromatic N) is 3. The van der Waals surface area contributed by atoms with E-state index in [1.165, 1.54) is 6.20 Å². The first-order chi connectivity index (χ1) is 16.9. The van der Waals surface area contributed by atoms with E-state index in [-0.39, 0.29) is 11.4 Å². The summed E-state index contributed by atoms with van der Waals surface area (Å²) in [5.41, 5.74) is 2.04. The van der Waals surface area contributed by atoms with E-state index >= 15 is 0 Å². The van der Waals surface area contributed by atoms with E-state index in [2.05, 4.69) is 20.3 Å². The summed E-state index contributed by atoms with van der Waals surface area (Å²) < 4.78 is 18.2. The number of hydrogen-bond acceptors (Lipinski definition) is 7. The summed E-state index contributed by atoms with van der Waals surface area (Å²) in [5.74, 6) is -0.763. The van der Waals surface area contributed by atoms with Crippen LogP contribution in [0.5, 0.6) is 5.88 Å². The van der Waals surface area contributed by atoms with Crippen LogP contribution in [0.3, 0.4) is 0 Å². The van der Waals surface area contributed by atoms with Crippen molar-refractivity contribution in [3.8, 4) is 17.4 Å². The van der Waals surface area contributed by atoms with Gasteiger partial charge in [0.05, 0.1) is 12.6 Å². The zero-order valence-corrected chi connectivity index (χ0v) is 20.2. The number of nitrogens with one attached hydrogen (secondary N) is 1. The molecule has 2 aromatic heterocycles. The molecule has 8 nitrogen and oxygen atoms in total. The summed E-state index contributed by atoms with van der Waals surface area (Å²) in [4.78, 5) is 25.6. The molecule has 35 heavy (non-hydrogen) atoms. The Labute approximate surface area is 203 Å². The smallest absolute Gasteiger partial charge is 0.259 e. The molecule has 1 amide bonds. The molecule has 178 valence electrons. The molecule has 0 saturated heterocycles. The standard InChI is InChI=1S/C26H25N4O4P/c1-3-34-35(2,33)20-14-12-19(13-15-20)23(18-9-5-4-6-10-18)29-25(31)21-17-28-24(30-26(21)32)22-11-7-8-16-27-22/h4-17,23H,3H2,1-2H3,(H,29,31)(H,28,30,32). The molecular formula is C26H25N4O4P. The molecule has 0 bridgehead atoms. The number of benzene rings is 2. The molecule has 2 atom stereocenters. The lowest BCUT2D eigenvalue weighted by molar-refractivity contribution is 0.0939. The van der Waals surface area contributed by atoms with Crippen LogP contribution in [-0.4, -0.2) is 39.2 Å². The van der Waals surface area contributed by atoms with Crippen LogP contribution >= 0.6 is 7.37 Å². The van der Waals surface area contributed by atoms with Gasteiger partial charge in [0.15, 0.2) is 5.82 Å². The molecule has 0 radical (unpaired) electrons. The van der Waals surface area contributed by atoms with Crippen LogP contribution < -0.4 is 10.6 Å². The topological polar surface area (TPSA) is 114 Å². The van der Waals surface area contributed by atoms with Crippen molar-refractivity contribution in [2.45, 2.75) is 13.0 Å². The molecule has 2 N–H and O–H groups in total. The Morgan fingerprint density at radius 2 is 1.69 bits per heavy atom. The molecule has 2 unspecified atom stereocenters. The van der Waals surface area contributed by atoms with Crippen LogP contribution in [0.1, 0.15) is 34.5 Å². The average Bonchev–Trinajstić information content (AvgIpc) is 2.88. The van der Waals surface area contributed by atoms with Crippen molar-refractivity contribution in [2.24, 2.45) is 0 Å². The van der Waals surface area contributed by atoms with Crippen molar-refractivity contribution in [1.29, 1.82) is 0 Å². The van der Waals surface area contributed by atoms with Crippen molar-refractivity contribution in [1.82, 2.24) is 20.3 Å². The highest BCUT2D eigenvalue weighted by atomic mass is 31.2.